The number of benzene rings is 2. The van der Waals surface area contributed by atoms with Crippen LogP contribution in [0.2, 0.25) is 0 Å². The van der Waals surface area contributed by atoms with Crippen LogP contribution in [0.4, 0.5) is 13.2 Å². The molecule has 2 aliphatic rings. The minimum atomic E-state index is -5.50. The summed E-state index contributed by atoms with van der Waals surface area (Å²) < 4.78 is 92.6. The summed E-state index contributed by atoms with van der Waals surface area (Å²) in [6, 6.07) is 11.7. The molecule has 60 heavy (non-hydrogen) atoms. The number of carbonyl (C=O) groups is 6. The smallest absolute Gasteiger partial charge is 0.471 e. The average molecular weight is 858 g/mol. The quantitative estimate of drug-likeness (QED) is 0.134. The van der Waals surface area contributed by atoms with Crippen LogP contribution in [0, 0.1) is 0 Å². The molecule has 2 fully saturated rings. The highest BCUT2D eigenvalue weighted by atomic mass is 19.4. The molecule has 2 aromatic carbocycles. The third-order valence-electron chi connectivity index (χ3n) is 9.12. The lowest BCUT2D eigenvalue weighted by Gasteiger charge is -2.48. The summed E-state index contributed by atoms with van der Waals surface area (Å²) in [5, 5.41) is 23.4. The van der Waals surface area contributed by atoms with Gasteiger partial charge in [0.2, 0.25) is 6.29 Å². The number of hydrogen-bond acceptors (Lipinski definition) is 17. The van der Waals surface area contributed by atoms with Crippen LogP contribution in [0.3, 0.4) is 0 Å². The van der Waals surface area contributed by atoms with Gasteiger partial charge < -0.3 is 67.8 Å². The number of ketones is 2. The molecule has 2 aliphatic heterocycles. The number of amides is 1. The van der Waals surface area contributed by atoms with E-state index in [1.165, 1.54) is 45.2 Å². The van der Waals surface area contributed by atoms with Crippen LogP contribution in [0.25, 0.3) is 0 Å². The maximum Gasteiger partial charge on any atom is 0.471 e. The molecule has 2 heterocycles. The topological polar surface area (TPSA) is 238 Å². The second-order valence-corrected chi connectivity index (χ2v) is 13.6. The van der Waals surface area contributed by atoms with Crippen molar-refractivity contribution in [1.29, 1.82) is 0 Å². The van der Waals surface area contributed by atoms with Crippen LogP contribution in [0.1, 0.15) is 45.1 Å². The zero-order valence-corrected chi connectivity index (χ0v) is 32.9. The van der Waals surface area contributed by atoms with Crippen molar-refractivity contribution >= 4 is 35.4 Å². The first-order chi connectivity index (χ1) is 28.4. The van der Waals surface area contributed by atoms with Gasteiger partial charge in [0.05, 0.1) is 40.3 Å². The Morgan fingerprint density at radius 1 is 0.750 bits per heavy atom. The standard InChI is InChI=1S/C39H46F3NO17/c1-20(45)10-16-26(47)57-32-31(54-19-22-8-6-5-7-9-22)34(58-27(48)17-11-21(2)46)37(60-33(32)35(50)53-4)59-30-28(43-38(51)39(40,41)42)36(56-25(18-44)29(30)49)55-24-14-12-23(52-3)13-15-24/h5-9,12-15,25,28-34,36-37,44,49H,10-11,16-19H2,1-4H3,(H,43,51)/t25-,28-,29+,30-,31+,32+,33-,34-,36-,37-/m1/s1. The van der Waals surface area contributed by atoms with Gasteiger partial charge in [-0.1, -0.05) is 30.3 Å². The Morgan fingerprint density at radius 2 is 1.33 bits per heavy atom. The van der Waals surface area contributed by atoms with Crippen LogP contribution < -0.4 is 14.8 Å². The Kier molecular flexibility index (Phi) is 17.3. The lowest BCUT2D eigenvalue weighted by Crippen LogP contribution is -2.70. The molecule has 330 valence electrons. The molecule has 3 N–H and O–H groups in total. The molecule has 0 bridgehead atoms. The molecule has 0 spiro atoms. The van der Waals surface area contributed by atoms with Crippen LogP contribution in [-0.4, -0.2) is 134 Å². The van der Waals surface area contributed by atoms with Crippen molar-refractivity contribution in [3.63, 3.8) is 0 Å². The van der Waals surface area contributed by atoms with Crippen molar-refractivity contribution in [3.05, 3.63) is 60.2 Å². The van der Waals surface area contributed by atoms with E-state index >= 15 is 0 Å². The number of methoxy groups -OCH3 is 2. The maximum absolute atomic E-state index is 13.8. The summed E-state index contributed by atoms with van der Waals surface area (Å²) in [6.07, 6.45) is -24.6. The lowest BCUT2D eigenvalue weighted by atomic mass is 9.94. The summed E-state index contributed by atoms with van der Waals surface area (Å²) in [5.41, 5.74) is 0.512. The number of Topliss-reactive ketones (excluding diaryl/α,β-unsaturated/α-hetero) is 2. The van der Waals surface area contributed by atoms with E-state index in [0.717, 1.165) is 7.11 Å². The normalized spacial score (nSPS) is 26.6. The van der Waals surface area contributed by atoms with Crippen LogP contribution in [-0.2, 0) is 68.5 Å². The molecular formula is C39H46F3NO17. The molecule has 0 radical (unpaired) electrons. The monoisotopic (exact) mass is 857 g/mol. The number of aliphatic hydroxyl groups is 2. The number of aliphatic hydroxyl groups excluding tert-OH is 2. The van der Waals surface area contributed by atoms with Gasteiger partial charge in [0.15, 0.2) is 24.6 Å². The number of esters is 3. The summed E-state index contributed by atoms with van der Waals surface area (Å²) in [4.78, 5) is 75.9. The third kappa shape index (κ3) is 13.2. The largest absolute Gasteiger partial charge is 0.497 e. The first kappa shape index (κ1) is 47.5. The van der Waals surface area contributed by atoms with E-state index in [9.17, 15) is 52.2 Å². The van der Waals surface area contributed by atoms with E-state index in [1.807, 2.05) is 0 Å². The molecule has 0 unspecified atom stereocenters. The van der Waals surface area contributed by atoms with E-state index in [4.69, 9.17) is 42.6 Å². The Balaban J connectivity index is 1.85. The first-order valence-electron chi connectivity index (χ1n) is 18.5. The fraction of sp³-hybridized carbons (Fsp3) is 0.538. The highest BCUT2D eigenvalue weighted by Gasteiger charge is 2.58. The Bertz CT molecular complexity index is 1780. The molecule has 10 atom stereocenters. The van der Waals surface area contributed by atoms with Gasteiger partial charge in [-0.2, -0.15) is 13.2 Å². The number of carbonyl (C=O) groups excluding carboxylic acids is 6. The SMILES string of the molecule is COC(=O)[C@@H]1O[C@@H](O[C@H]2[C@@H](O)[C@@H](CO)O[C@@H](Oc3ccc(OC)cc3)[C@@H]2NC(=O)C(F)(F)F)[C@H](OC(=O)CCC(C)=O)[C@@H](OCc2ccccc2)[C@@H]1OC(=O)CCC(C)=O. The number of ether oxygens (including phenoxy) is 9. The second kappa shape index (κ2) is 21.9. The number of halogens is 3. The van der Waals surface area contributed by atoms with Gasteiger partial charge in [0.1, 0.15) is 53.5 Å². The van der Waals surface area contributed by atoms with Crippen molar-refractivity contribution in [2.45, 2.75) is 114 Å². The molecule has 1 amide bonds. The number of rotatable bonds is 19. The molecular weight excluding hydrogens is 811 g/mol. The minimum Gasteiger partial charge on any atom is -0.497 e. The van der Waals surface area contributed by atoms with E-state index in [2.05, 4.69) is 0 Å². The Hall–Kier alpha value is -5.19. The number of nitrogens with one attached hydrogen (secondary N) is 1. The second-order valence-electron chi connectivity index (χ2n) is 13.6. The maximum atomic E-state index is 13.8. The first-order valence-corrected chi connectivity index (χ1v) is 18.5. The third-order valence-corrected chi connectivity index (χ3v) is 9.12. The van der Waals surface area contributed by atoms with E-state index in [1.54, 1.807) is 35.6 Å². The predicted molar refractivity (Wildman–Crippen MR) is 194 cm³/mol. The summed E-state index contributed by atoms with van der Waals surface area (Å²) in [5.74, 6) is -6.32. The van der Waals surface area contributed by atoms with Crippen molar-refractivity contribution in [2.24, 2.45) is 0 Å². The molecule has 18 nitrogen and oxygen atoms in total. The Labute approximate surface area is 341 Å². The van der Waals surface area contributed by atoms with E-state index in [0.29, 0.717) is 11.3 Å². The summed E-state index contributed by atoms with van der Waals surface area (Å²) in [6.45, 7) is 1.13. The van der Waals surface area contributed by atoms with Crippen LogP contribution in [0.5, 0.6) is 11.5 Å². The zero-order chi connectivity index (χ0) is 44.1. The van der Waals surface area contributed by atoms with Gasteiger partial charge in [0.25, 0.3) is 0 Å². The van der Waals surface area contributed by atoms with Gasteiger partial charge in [-0.05, 0) is 43.7 Å². The van der Waals surface area contributed by atoms with E-state index < -0.39 is 117 Å². The number of alkyl halides is 3. The van der Waals surface area contributed by atoms with Gasteiger partial charge in [-0.3, -0.25) is 14.4 Å². The van der Waals surface area contributed by atoms with Gasteiger partial charge in [0, 0.05) is 12.8 Å². The highest BCUT2D eigenvalue weighted by Crippen LogP contribution is 2.35. The van der Waals surface area contributed by atoms with Crippen molar-refractivity contribution in [2.75, 3.05) is 20.8 Å². The fourth-order valence-corrected chi connectivity index (χ4v) is 6.07. The van der Waals surface area contributed by atoms with Gasteiger partial charge >= 0.3 is 30.0 Å². The Morgan fingerprint density at radius 3 is 1.87 bits per heavy atom. The van der Waals surface area contributed by atoms with Crippen LogP contribution >= 0.6 is 0 Å². The lowest BCUT2D eigenvalue weighted by molar-refractivity contribution is -0.341. The van der Waals surface area contributed by atoms with E-state index in [-0.39, 0.29) is 31.0 Å². The van der Waals surface area contributed by atoms with Gasteiger partial charge in [-0.25, -0.2) is 4.79 Å². The number of hydrogen-bond donors (Lipinski definition) is 3. The van der Waals surface area contributed by atoms with Gasteiger partial charge in [-0.15, -0.1) is 0 Å². The molecule has 2 aromatic rings. The summed E-state index contributed by atoms with van der Waals surface area (Å²) >= 11 is 0. The highest BCUT2D eigenvalue weighted by molar-refractivity contribution is 5.83. The molecule has 0 aliphatic carbocycles. The fourth-order valence-electron chi connectivity index (χ4n) is 6.07. The van der Waals surface area contributed by atoms with Crippen LogP contribution in [0.15, 0.2) is 54.6 Å². The molecule has 0 saturated carbocycles. The minimum absolute atomic E-state index is 0.0420. The molecule has 21 heteroatoms. The molecule has 0 aromatic heterocycles. The summed E-state index contributed by atoms with van der Waals surface area (Å²) in [7, 11) is 2.32. The predicted octanol–water partition coefficient (Wildman–Crippen LogP) is 1.63. The molecule has 2 saturated heterocycles. The van der Waals surface area contributed by atoms with Crippen molar-refractivity contribution in [3.8, 4) is 11.5 Å². The molecule has 4 rings (SSSR count). The average Bonchev–Trinajstić information content (AvgIpc) is 3.21. The van der Waals surface area contributed by atoms with Crippen molar-refractivity contribution < 1.29 is 94.8 Å². The zero-order valence-electron chi connectivity index (χ0n) is 32.9. The van der Waals surface area contributed by atoms with Crippen molar-refractivity contribution in [1.82, 2.24) is 5.32 Å².